The van der Waals surface area contributed by atoms with E-state index < -0.39 is 11.7 Å². The summed E-state index contributed by atoms with van der Waals surface area (Å²) in [5.41, 5.74) is 0.498. The lowest BCUT2D eigenvalue weighted by Crippen LogP contribution is -2.51. The molecule has 0 unspecified atom stereocenters. The third-order valence-corrected chi connectivity index (χ3v) is 4.75. The first-order valence-electron chi connectivity index (χ1n) is 10.3. The van der Waals surface area contributed by atoms with Crippen molar-refractivity contribution in [1.82, 2.24) is 15.1 Å². The highest BCUT2D eigenvalue weighted by Crippen LogP contribution is 2.15. The molecule has 1 heterocycles. The Bertz CT molecular complexity index is 737. The molecule has 1 N–H and O–H groups in total. The summed E-state index contributed by atoms with van der Waals surface area (Å²) in [6, 6.07) is 7.72. The lowest BCUT2D eigenvalue weighted by molar-refractivity contribution is -0.139. The lowest BCUT2D eigenvalue weighted by atomic mass is 10.1. The number of nitrogens with zero attached hydrogens (tertiary/aromatic N) is 2. The Morgan fingerprint density at radius 2 is 1.60 bits per heavy atom. The first kappa shape index (κ1) is 23.5. The second kappa shape index (κ2) is 10.8. The van der Waals surface area contributed by atoms with Crippen LogP contribution in [-0.4, -0.2) is 73.1 Å². The summed E-state index contributed by atoms with van der Waals surface area (Å²) in [5, 5.41) is 2.59. The van der Waals surface area contributed by atoms with E-state index in [2.05, 4.69) is 5.32 Å². The molecule has 1 aliphatic heterocycles. The zero-order valence-electron chi connectivity index (χ0n) is 18.4. The van der Waals surface area contributed by atoms with Crippen molar-refractivity contribution in [3.63, 3.8) is 0 Å². The number of ether oxygens (including phenoxy) is 2. The minimum absolute atomic E-state index is 0.0328. The number of nitrogens with one attached hydrogen (secondary N) is 1. The van der Waals surface area contributed by atoms with E-state index in [4.69, 9.17) is 9.47 Å². The van der Waals surface area contributed by atoms with Crippen LogP contribution < -0.4 is 10.1 Å². The quantitative estimate of drug-likeness (QED) is 0.732. The van der Waals surface area contributed by atoms with Crippen molar-refractivity contribution in [3.05, 3.63) is 29.8 Å². The van der Waals surface area contributed by atoms with E-state index in [0.29, 0.717) is 39.0 Å². The van der Waals surface area contributed by atoms with Crippen molar-refractivity contribution in [3.8, 4) is 5.75 Å². The number of rotatable bonds is 7. The zero-order valence-corrected chi connectivity index (χ0v) is 18.4. The molecule has 0 atom stereocenters. The average Bonchev–Trinajstić information content (AvgIpc) is 2.71. The van der Waals surface area contributed by atoms with Gasteiger partial charge < -0.3 is 24.6 Å². The van der Waals surface area contributed by atoms with Gasteiger partial charge in [0.2, 0.25) is 11.8 Å². The summed E-state index contributed by atoms with van der Waals surface area (Å²) >= 11 is 0. The molecule has 8 nitrogen and oxygen atoms in total. The number of hydrogen-bond donors (Lipinski definition) is 1. The van der Waals surface area contributed by atoms with Crippen LogP contribution in [0.25, 0.3) is 0 Å². The summed E-state index contributed by atoms with van der Waals surface area (Å²) < 4.78 is 10.4. The number of hydrogen-bond acceptors (Lipinski definition) is 5. The van der Waals surface area contributed by atoms with Gasteiger partial charge in [0.05, 0.1) is 7.11 Å². The number of amides is 3. The molecule has 166 valence electrons. The van der Waals surface area contributed by atoms with Gasteiger partial charge in [-0.2, -0.15) is 0 Å². The van der Waals surface area contributed by atoms with Crippen molar-refractivity contribution in [2.24, 2.45) is 0 Å². The van der Waals surface area contributed by atoms with E-state index in [-0.39, 0.29) is 24.8 Å². The van der Waals surface area contributed by atoms with Crippen molar-refractivity contribution in [2.75, 3.05) is 39.8 Å². The van der Waals surface area contributed by atoms with Gasteiger partial charge in [-0.05, 0) is 44.9 Å². The molecule has 0 saturated carbocycles. The number of carbonyl (C=O) groups excluding carboxylic acids is 3. The van der Waals surface area contributed by atoms with E-state index in [1.54, 1.807) is 32.8 Å². The highest BCUT2D eigenvalue weighted by molar-refractivity contribution is 5.79. The summed E-state index contributed by atoms with van der Waals surface area (Å²) in [6.07, 6.45) is 0.775. The molecule has 1 aliphatic rings. The maximum Gasteiger partial charge on any atom is 0.407 e. The Morgan fingerprint density at radius 1 is 1.00 bits per heavy atom. The van der Waals surface area contributed by atoms with Gasteiger partial charge in [0.15, 0.2) is 0 Å². The van der Waals surface area contributed by atoms with E-state index in [9.17, 15) is 14.4 Å². The predicted molar refractivity (Wildman–Crippen MR) is 113 cm³/mol. The fourth-order valence-electron chi connectivity index (χ4n) is 3.19. The number of alkyl carbamates (subject to hydrolysis) is 1. The van der Waals surface area contributed by atoms with Gasteiger partial charge in [0, 0.05) is 45.6 Å². The van der Waals surface area contributed by atoms with E-state index in [0.717, 1.165) is 11.3 Å². The number of piperazine rings is 1. The van der Waals surface area contributed by atoms with Crippen molar-refractivity contribution in [2.45, 2.75) is 45.6 Å². The lowest BCUT2D eigenvalue weighted by Gasteiger charge is -2.35. The summed E-state index contributed by atoms with van der Waals surface area (Å²) in [7, 11) is 1.62. The van der Waals surface area contributed by atoms with Gasteiger partial charge in [-0.25, -0.2) is 4.79 Å². The number of aryl methyl sites for hydroxylation is 1. The molecular weight excluding hydrogens is 386 g/mol. The Morgan fingerprint density at radius 3 is 2.17 bits per heavy atom. The van der Waals surface area contributed by atoms with Crippen LogP contribution in [0.1, 0.15) is 39.2 Å². The van der Waals surface area contributed by atoms with Crippen LogP contribution in [0.2, 0.25) is 0 Å². The third kappa shape index (κ3) is 7.93. The van der Waals surface area contributed by atoms with E-state index in [1.165, 1.54) is 0 Å². The monoisotopic (exact) mass is 419 g/mol. The second-order valence-corrected chi connectivity index (χ2v) is 8.29. The maximum absolute atomic E-state index is 12.5. The summed E-state index contributed by atoms with van der Waals surface area (Å²) in [4.78, 5) is 40.0. The molecule has 0 bridgehead atoms. The normalized spacial score (nSPS) is 14.3. The molecule has 0 spiro atoms. The Balaban J connectivity index is 1.67. The molecule has 1 aromatic carbocycles. The fourth-order valence-corrected chi connectivity index (χ4v) is 3.19. The Labute approximate surface area is 178 Å². The largest absolute Gasteiger partial charge is 0.497 e. The van der Waals surface area contributed by atoms with Gasteiger partial charge in [-0.1, -0.05) is 12.1 Å². The molecule has 1 saturated heterocycles. The van der Waals surface area contributed by atoms with Gasteiger partial charge >= 0.3 is 6.09 Å². The van der Waals surface area contributed by atoms with Crippen LogP contribution in [0.5, 0.6) is 5.75 Å². The minimum atomic E-state index is -0.566. The minimum Gasteiger partial charge on any atom is -0.497 e. The molecule has 0 radical (unpaired) electrons. The van der Waals surface area contributed by atoms with Crippen LogP contribution in [0.15, 0.2) is 24.3 Å². The van der Waals surface area contributed by atoms with Crippen LogP contribution in [0.3, 0.4) is 0 Å². The zero-order chi connectivity index (χ0) is 22.1. The van der Waals surface area contributed by atoms with Crippen LogP contribution >= 0.6 is 0 Å². The van der Waals surface area contributed by atoms with Crippen molar-refractivity contribution in [1.29, 1.82) is 0 Å². The average molecular weight is 420 g/mol. The van der Waals surface area contributed by atoms with Gasteiger partial charge in [0.1, 0.15) is 11.4 Å². The van der Waals surface area contributed by atoms with Crippen molar-refractivity contribution < 1.29 is 23.9 Å². The molecule has 1 fully saturated rings. The first-order valence-corrected chi connectivity index (χ1v) is 10.3. The van der Waals surface area contributed by atoms with Crippen LogP contribution in [0, 0.1) is 0 Å². The predicted octanol–water partition coefficient (Wildman–Crippen LogP) is 2.21. The molecule has 8 heteroatoms. The van der Waals surface area contributed by atoms with E-state index >= 15 is 0 Å². The molecular formula is C22H33N3O5. The standard InChI is InChI=1S/C22H33N3O5/c1-22(2,3)30-21(28)23-11-10-20(27)25-14-12-24(13-15-25)19(26)9-8-17-6-5-7-18(16-17)29-4/h5-7,16H,8-15H2,1-4H3,(H,23,28). The molecule has 30 heavy (non-hydrogen) atoms. The topological polar surface area (TPSA) is 88.2 Å². The maximum atomic E-state index is 12.5. The Kier molecular flexibility index (Phi) is 8.50. The van der Waals surface area contributed by atoms with Gasteiger partial charge in [-0.3, -0.25) is 9.59 Å². The first-order chi connectivity index (χ1) is 14.2. The fraction of sp³-hybridized carbons (Fsp3) is 0.591. The number of benzene rings is 1. The van der Waals surface area contributed by atoms with E-state index in [1.807, 2.05) is 29.2 Å². The number of carbonyl (C=O) groups is 3. The van der Waals surface area contributed by atoms with Crippen LogP contribution in [-0.2, 0) is 20.7 Å². The molecule has 1 aromatic rings. The summed E-state index contributed by atoms with van der Waals surface area (Å²) in [6.45, 7) is 7.67. The highest BCUT2D eigenvalue weighted by atomic mass is 16.6. The van der Waals surface area contributed by atoms with Gasteiger partial charge in [-0.15, -0.1) is 0 Å². The Hall–Kier alpha value is -2.77. The molecule has 2 rings (SSSR count). The smallest absolute Gasteiger partial charge is 0.407 e. The molecule has 0 aromatic heterocycles. The van der Waals surface area contributed by atoms with Gasteiger partial charge in [0.25, 0.3) is 0 Å². The van der Waals surface area contributed by atoms with Crippen molar-refractivity contribution >= 4 is 17.9 Å². The summed E-state index contributed by atoms with van der Waals surface area (Å²) in [5.74, 6) is 0.847. The van der Waals surface area contributed by atoms with Crippen LogP contribution in [0.4, 0.5) is 4.79 Å². The molecule has 0 aliphatic carbocycles. The highest BCUT2D eigenvalue weighted by Gasteiger charge is 2.24. The SMILES string of the molecule is COc1cccc(CCC(=O)N2CCN(C(=O)CCNC(=O)OC(C)(C)C)CC2)c1. The second-order valence-electron chi connectivity index (χ2n) is 8.29. The third-order valence-electron chi connectivity index (χ3n) is 4.75. The number of methoxy groups -OCH3 is 1. The molecule has 3 amide bonds.